The van der Waals surface area contributed by atoms with Crippen molar-refractivity contribution in [1.82, 2.24) is 4.90 Å². The first-order chi connectivity index (χ1) is 13.7. The number of aryl methyl sites for hydroxylation is 1. The Morgan fingerprint density at radius 3 is 2.32 bits per heavy atom. The van der Waals surface area contributed by atoms with Crippen LogP contribution >= 0.6 is 0 Å². The third-order valence-electron chi connectivity index (χ3n) is 4.89. The van der Waals surface area contributed by atoms with E-state index >= 15 is 0 Å². The number of benzene rings is 2. The molecular formula is C24H35NO3. The van der Waals surface area contributed by atoms with Crippen molar-refractivity contribution in [3.05, 3.63) is 65.7 Å². The zero-order valence-electron chi connectivity index (χ0n) is 17.1. The lowest BCUT2D eigenvalue weighted by atomic mass is 10.1. The van der Waals surface area contributed by atoms with Gasteiger partial charge in [-0.25, -0.2) is 0 Å². The summed E-state index contributed by atoms with van der Waals surface area (Å²) in [5, 5.41) is 19.4. The molecule has 0 aliphatic carbocycles. The molecule has 2 aromatic rings. The van der Waals surface area contributed by atoms with Crippen LogP contribution in [0.15, 0.2) is 54.6 Å². The van der Waals surface area contributed by atoms with Crippen molar-refractivity contribution in [2.75, 3.05) is 26.2 Å². The summed E-state index contributed by atoms with van der Waals surface area (Å²) in [7, 11) is 0. The number of ether oxygens (including phenoxy) is 1. The summed E-state index contributed by atoms with van der Waals surface area (Å²) < 4.78 is 5.78. The Morgan fingerprint density at radius 2 is 1.64 bits per heavy atom. The number of para-hydroxylation sites is 1. The van der Waals surface area contributed by atoms with Crippen molar-refractivity contribution >= 4 is 0 Å². The zero-order valence-corrected chi connectivity index (χ0v) is 17.1. The molecule has 0 heterocycles. The van der Waals surface area contributed by atoms with Crippen LogP contribution in [0.1, 0.15) is 43.7 Å². The SMILES string of the molecule is CCCCC(O)CN(CCO)CCCc1ccc(COc2ccccc2)cc1. The summed E-state index contributed by atoms with van der Waals surface area (Å²) in [6.07, 6.45) is 4.70. The molecule has 1 unspecified atom stereocenters. The van der Waals surface area contributed by atoms with E-state index < -0.39 is 0 Å². The molecule has 154 valence electrons. The first kappa shape index (κ1) is 22.4. The number of hydrogen-bond acceptors (Lipinski definition) is 4. The lowest BCUT2D eigenvalue weighted by Gasteiger charge is -2.24. The predicted molar refractivity (Wildman–Crippen MR) is 115 cm³/mol. The summed E-state index contributed by atoms with van der Waals surface area (Å²) >= 11 is 0. The van der Waals surface area contributed by atoms with Crippen LogP contribution in [0.5, 0.6) is 5.75 Å². The molecule has 0 aromatic heterocycles. The molecule has 2 rings (SSSR count). The summed E-state index contributed by atoms with van der Waals surface area (Å²) in [4.78, 5) is 2.17. The van der Waals surface area contributed by atoms with Gasteiger partial charge in [0.1, 0.15) is 12.4 Å². The molecule has 2 N–H and O–H groups in total. The van der Waals surface area contributed by atoms with Crippen LogP contribution in [-0.2, 0) is 13.0 Å². The van der Waals surface area contributed by atoms with E-state index in [0.717, 1.165) is 50.0 Å². The van der Waals surface area contributed by atoms with E-state index in [-0.39, 0.29) is 12.7 Å². The topological polar surface area (TPSA) is 52.9 Å². The second-order valence-corrected chi connectivity index (χ2v) is 7.34. The van der Waals surface area contributed by atoms with Gasteiger partial charge >= 0.3 is 0 Å². The van der Waals surface area contributed by atoms with Crippen LogP contribution in [0.2, 0.25) is 0 Å². The smallest absolute Gasteiger partial charge is 0.119 e. The van der Waals surface area contributed by atoms with E-state index in [2.05, 4.69) is 36.1 Å². The van der Waals surface area contributed by atoms with E-state index in [1.165, 1.54) is 5.56 Å². The standard InChI is InChI=1S/C24H35NO3/c1-2-3-9-23(27)19-25(17-18-26)16-7-8-21-12-14-22(15-13-21)20-28-24-10-5-4-6-11-24/h4-6,10-15,23,26-27H,2-3,7-9,16-20H2,1H3. The summed E-state index contributed by atoms with van der Waals surface area (Å²) in [5.41, 5.74) is 2.47. The molecule has 28 heavy (non-hydrogen) atoms. The number of aliphatic hydroxyl groups is 2. The fourth-order valence-corrected chi connectivity index (χ4v) is 3.26. The summed E-state index contributed by atoms with van der Waals surface area (Å²) in [6, 6.07) is 18.4. The molecule has 0 fully saturated rings. The molecule has 0 aliphatic rings. The van der Waals surface area contributed by atoms with Crippen molar-refractivity contribution in [2.24, 2.45) is 0 Å². The summed E-state index contributed by atoms with van der Waals surface area (Å²) in [5.74, 6) is 0.886. The Morgan fingerprint density at radius 1 is 0.929 bits per heavy atom. The fourth-order valence-electron chi connectivity index (χ4n) is 3.26. The van der Waals surface area contributed by atoms with E-state index in [1.54, 1.807) is 0 Å². The summed E-state index contributed by atoms with van der Waals surface area (Å²) in [6.45, 7) is 5.01. The second kappa shape index (κ2) is 13.3. The van der Waals surface area contributed by atoms with Crippen LogP contribution in [0, 0.1) is 0 Å². The highest BCUT2D eigenvalue weighted by Crippen LogP contribution is 2.13. The van der Waals surface area contributed by atoms with Gasteiger partial charge in [-0.3, -0.25) is 4.90 Å². The van der Waals surface area contributed by atoms with Crippen molar-refractivity contribution in [3.8, 4) is 5.75 Å². The Labute approximate surface area is 169 Å². The van der Waals surface area contributed by atoms with Crippen molar-refractivity contribution < 1.29 is 14.9 Å². The Bertz CT molecular complexity index is 630. The monoisotopic (exact) mass is 385 g/mol. The molecule has 0 saturated heterocycles. The third-order valence-corrected chi connectivity index (χ3v) is 4.89. The van der Waals surface area contributed by atoms with Gasteiger partial charge in [0.15, 0.2) is 0 Å². The van der Waals surface area contributed by atoms with Crippen LogP contribution in [0.3, 0.4) is 0 Å². The Kier molecular flexibility index (Phi) is 10.7. The van der Waals surface area contributed by atoms with Gasteiger partial charge in [0.2, 0.25) is 0 Å². The third kappa shape index (κ3) is 8.87. The average Bonchev–Trinajstić information content (AvgIpc) is 2.72. The van der Waals surface area contributed by atoms with Gasteiger partial charge in [-0.15, -0.1) is 0 Å². The van der Waals surface area contributed by atoms with Gasteiger partial charge in [-0.05, 0) is 49.1 Å². The lowest BCUT2D eigenvalue weighted by molar-refractivity contribution is 0.0914. The highest BCUT2D eigenvalue weighted by atomic mass is 16.5. The minimum Gasteiger partial charge on any atom is -0.489 e. The van der Waals surface area contributed by atoms with Crippen molar-refractivity contribution in [3.63, 3.8) is 0 Å². The Balaban J connectivity index is 1.72. The molecule has 0 bridgehead atoms. The number of hydrogen-bond donors (Lipinski definition) is 2. The maximum atomic E-state index is 10.1. The van der Waals surface area contributed by atoms with E-state index in [0.29, 0.717) is 19.7 Å². The molecule has 0 saturated carbocycles. The van der Waals surface area contributed by atoms with Gasteiger partial charge in [0.05, 0.1) is 12.7 Å². The number of nitrogens with zero attached hydrogens (tertiary/aromatic N) is 1. The van der Waals surface area contributed by atoms with Crippen molar-refractivity contribution in [2.45, 2.75) is 51.7 Å². The zero-order chi connectivity index (χ0) is 20.0. The van der Waals surface area contributed by atoms with Crippen LogP contribution in [-0.4, -0.2) is 47.5 Å². The van der Waals surface area contributed by atoms with Gasteiger partial charge < -0.3 is 14.9 Å². The molecule has 0 amide bonds. The fraction of sp³-hybridized carbons (Fsp3) is 0.500. The molecule has 0 aliphatic heterocycles. The molecule has 1 atom stereocenters. The highest BCUT2D eigenvalue weighted by molar-refractivity contribution is 5.24. The second-order valence-electron chi connectivity index (χ2n) is 7.34. The van der Waals surface area contributed by atoms with Crippen LogP contribution in [0.4, 0.5) is 0 Å². The number of aliphatic hydroxyl groups excluding tert-OH is 2. The minimum absolute atomic E-state index is 0.136. The minimum atomic E-state index is -0.296. The highest BCUT2D eigenvalue weighted by Gasteiger charge is 2.11. The van der Waals surface area contributed by atoms with Crippen LogP contribution in [0.25, 0.3) is 0 Å². The van der Waals surface area contributed by atoms with Crippen molar-refractivity contribution in [1.29, 1.82) is 0 Å². The maximum absolute atomic E-state index is 10.1. The van der Waals surface area contributed by atoms with Crippen LogP contribution < -0.4 is 4.74 Å². The molecule has 4 heteroatoms. The quantitative estimate of drug-likeness (QED) is 0.515. The molecule has 2 aromatic carbocycles. The number of rotatable bonds is 14. The predicted octanol–water partition coefficient (Wildman–Crippen LogP) is 4.04. The van der Waals surface area contributed by atoms with E-state index in [4.69, 9.17) is 4.74 Å². The van der Waals surface area contributed by atoms with Gasteiger partial charge in [0, 0.05) is 13.1 Å². The van der Waals surface area contributed by atoms with Gasteiger partial charge in [0.25, 0.3) is 0 Å². The normalized spacial score (nSPS) is 12.3. The Hall–Kier alpha value is -1.88. The van der Waals surface area contributed by atoms with E-state index in [9.17, 15) is 10.2 Å². The molecule has 0 radical (unpaired) electrons. The average molecular weight is 386 g/mol. The van der Waals surface area contributed by atoms with Gasteiger partial charge in [-0.2, -0.15) is 0 Å². The first-order valence-electron chi connectivity index (χ1n) is 10.5. The largest absolute Gasteiger partial charge is 0.489 e. The molecule has 4 nitrogen and oxygen atoms in total. The van der Waals surface area contributed by atoms with Gasteiger partial charge in [-0.1, -0.05) is 62.2 Å². The maximum Gasteiger partial charge on any atom is 0.119 e. The first-order valence-corrected chi connectivity index (χ1v) is 10.5. The van der Waals surface area contributed by atoms with E-state index in [1.807, 2.05) is 30.3 Å². The molecular weight excluding hydrogens is 350 g/mol. The number of unbranched alkanes of at least 4 members (excludes halogenated alkanes) is 1. The lowest BCUT2D eigenvalue weighted by Crippen LogP contribution is -2.35. The molecule has 0 spiro atoms.